The molecule has 0 bridgehead atoms. The van der Waals surface area contributed by atoms with E-state index < -0.39 is 11.6 Å². The lowest BCUT2D eigenvalue weighted by Gasteiger charge is -1.92. The van der Waals surface area contributed by atoms with Crippen LogP contribution in [0.2, 0.25) is 0 Å². The Bertz CT molecular complexity index is 258. The molecule has 52 valence electrons. The lowest BCUT2D eigenvalue weighted by atomic mass is 10.1. The zero-order valence-electron chi connectivity index (χ0n) is 5.42. The molecule has 3 heteroatoms. The first-order chi connectivity index (χ1) is 4.63. The molecule has 0 unspecified atom stereocenters. The lowest BCUT2D eigenvalue weighted by Crippen LogP contribution is -2.05. The van der Waals surface area contributed by atoms with Crippen molar-refractivity contribution in [2.75, 3.05) is 0 Å². The second kappa shape index (κ2) is 2.10. The topological polar surface area (TPSA) is 54.4 Å². The van der Waals surface area contributed by atoms with Crippen LogP contribution in [0.15, 0.2) is 23.5 Å². The largest absolute Gasteiger partial charge is 0.507 e. The minimum atomic E-state index is -0.412. The van der Waals surface area contributed by atoms with E-state index in [2.05, 4.69) is 0 Å². The molecule has 0 atom stereocenters. The van der Waals surface area contributed by atoms with E-state index in [4.69, 9.17) is 5.11 Å². The van der Waals surface area contributed by atoms with Crippen LogP contribution in [-0.4, -0.2) is 16.7 Å². The summed E-state index contributed by atoms with van der Waals surface area (Å²) in [5.74, 6) is -1.03. The highest BCUT2D eigenvalue weighted by Gasteiger charge is 2.20. The second-order valence-electron chi connectivity index (χ2n) is 2.01. The van der Waals surface area contributed by atoms with E-state index in [1.165, 1.54) is 19.1 Å². The summed E-state index contributed by atoms with van der Waals surface area (Å²) in [6.07, 6.45) is 2.39. The summed E-state index contributed by atoms with van der Waals surface area (Å²) in [4.78, 5) is 21.3. The van der Waals surface area contributed by atoms with Gasteiger partial charge in [-0.1, -0.05) is 0 Å². The van der Waals surface area contributed by atoms with Gasteiger partial charge in [0.2, 0.25) is 0 Å². The van der Waals surface area contributed by atoms with Crippen molar-refractivity contribution in [3.8, 4) is 0 Å². The van der Waals surface area contributed by atoms with Gasteiger partial charge in [-0.2, -0.15) is 0 Å². The van der Waals surface area contributed by atoms with Crippen molar-refractivity contribution < 1.29 is 14.7 Å². The fourth-order valence-electron chi connectivity index (χ4n) is 0.801. The summed E-state index contributed by atoms with van der Waals surface area (Å²) in [6.45, 7) is 1.25. The van der Waals surface area contributed by atoms with Crippen molar-refractivity contribution in [2.45, 2.75) is 6.92 Å². The summed E-state index contributed by atoms with van der Waals surface area (Å²) < 4.78 is 0. The van der Waals surface area contributed by atoms with E-state index in [9.17, 15) is 9.59 Å². The van der Waals surface area contributed by atoms with Crippen LogP contribution in [0.1, 0.15) is 6.92 Å². The van der Waals surface area contributed by atoms with Crippen LogP contribution in [0, 0.1) is 0 Å². The number of rotatable bonds is 1. The van der Waals surface area contributed by atoms with Crippen LogP contribution >= 0.6 is 0 Å². The first-order valence-electron chi connectivity index (χ1n) is 2.79. The molecule has 3 nitrogen and oxygen atoms in total. The van der Waals surface area contributed by atoms with Gasteiger partial charge in [0.05, 0.1) is 0 Å². The van der Waals surface area contributed by atoms with Crippen molar-refractivity contribution in [1.29, 1.82) is 0 Å². The monoisotopic (exact) mass is 138 g/mol. The maximum Gasteiger partial charge on any atom is 0.193 e. The van der Waals surface area contributed by atoms with Gasteiger partial charge in [-0.05, 0) is 19.1 Å². The smallest absolute Gasteiger partial charge is 0.193 e. The van der Waals surface area contributed by atoms with Gasteiger partial charge in [-0.15, -0.1) is 0 Å². The van der Waals surface area contributed by atoms with Gasteiger partial charge in [-0.3, -0.25) is 9.59 Å². The third kappa shape index (κ3) is 0.857. The molecule has 0 aromatic heterocycles. The minimum absolute atomic E-state index is 0.111. The Morgan fingerprint density at radius 1 is 1.50 bits per heavy atom. The van der Waals surface area contributed by atoms with Crippen molar-refractivity contribution >= 4 is 11.6 Å². The maximum atomic E-state index is 10.7. The van der Waals surface area contributed by atoms with E-state index in [1.54, 1.807) is 0 Å². The fourth-order valence-corrected chi connectivity index (χ4v) is 0.801. The molecule has 0 heterocycles. The molecule has 0 fully saturated rings. The molecule has 0 amide bonds. The van der Waals surface area contributed by atoms with Crippen LogP contribution in [0.3, 0.4) is 0 Å². The maximum absolute atomic E-state index is 10.7. The molecule has 1 N–H and O–H groups in total. The molecule has 10 heavy (non-hydrogen) atoms. The first kappa shape index (κ1) is 6.74. The van der Waals surface area contributed by atoms with Crippen LogP contribution in [-0.2, 0) is 9.59 Å². The highest BCUT2D eigenvalue weighted by molar-refractivity contribution is 6.25. The normalized spacial score (nSPS) is 16.7. The summed E-state index contributed by atoms with van der Waals surface area (Å²) in [6, 6.07) is 0. The lowest BCUT2D eigenvalue weighted by molar-refractivity contribution is -0.118. The number of aliphatic hydroxyl groups is 1. The molecule has 1 rings (SSSR count). The van der Waals surface area contributed by atoms with Gasteiger partial charge in [0, 0.05) is 0 Å². The molecular formula is C7H6O3. The predicted molar refractivity (Wildman–Crippen MR) is 34.5 cm³/mol. The zero-order chi connectivity index (χ0) is 7.72. The number of Topliss-reactive ketones (excluding diaryl/α,β-unsaturated/α-hetero) is 1. The predicted octanol–water partition coefficient (Wildman–Crippen LogP) is 0.526. The number of carbonyl (C=O) groups is 2. The van der Waals surface area contributed by atoms with E-state index in [1.807, 2.05) is 0 Å². The molecular weight excluding hydrogens is 132 g/mol. The van der Waals surface area contributed by atoms with Crippen molar-refractivity contribution in [2.24, 2.45) is 0 Å². The molecule has 0 aromatic rings. The van der Waals surface area contributed by atoms with Crippen molar-refractivity contribution in [1.82, 2.24) is 0 Å². The second-order valence-corrected chi connectivity index (χ2v) is 2.01. The Labute approximate surface area is 57.7 Å². The Morgan fingerprint density at radius 2 is 2.10 bits per heavy atom. The van der Waals surface area contributed by atoms with Gasteiger partial charge in [0.25, 0.3) is 0 Å². The van der Waals surface area contributed by atoms with Crippen LogP contribution in [0.25, 0.3) is 0 Å². The van der Waals surface area contributed by atoms with E-state index >= 15 is 0 Å². The zero-order valence-corrected chi connectivity index (χ0v) is 5.42. The number of hydrogen-bond acceptors (Lipinski definition) is 3. The Kier molecular flexibility index (Phi) is 1.41. The van der Waals surface area contributed by atoms with Gasteiger partial charge < -0.3 is 5.11 Å². The molecule has 0 aliphatic heterocycles. The Balaban J connectivity index is 3.08. The van der Waals surface area contributed by atoms with Gasteiger partial charge in [0.15, 0.2) is 11.6 Å². The Morgan fingerprint density at radius 3 is 2.30 bits per heavy atom. The van der Waals surface area contributed by atoms with E-state index in [0.717, 1.165) is 0 Å². The summed E-state index contributed by atoms with van der Waals surface area (Å²) in [5.41, 5.74) is -0.111. The molecule has 0 aromatic carbocycles. The SMILES string of the molecule is CC(=O)C1=C(O)C=CC1=O. The first-order valence-corrected chi connectivity index (χ1v) is 2.79. The van der Waals surface area contributed by atoms with Crippen molar-refractivity contribution in [3.05, 3.63) is 23.5 Å². The molecule has 0 radical (unpaired) electrons. The minimum Gasteiger partial charge on any atom is -0.507 e. The van der Waals surface area contributed by atoms with Gasteiger partial charge in [-0.25, -0.2) is 0 Å². The third-order valence-corrected chi connectivity index (χ3v) is 1.25. The highest BCUT2D eigenvalue weighted by atomic mass is 16.3. The third-order valence-electron chi connectivity index (χ3n) is 1.25. The molecule has 1 aliphatic rings. The molecule has 0 saturated carbocycles. The number of aliphatic hydroxyl groups excluding tert-OH is 1. The van der Waals surface area contributed by atoms with Crippen LogP contribution < -0.4 is 0 Å². The highest BCUT2D eigenvalue weighted by Crippen LogP contribution is 2.13. The molecule has 1 aliphatic carbocycles. The number of allylic oxidation sites excluding steroid dienone is 3. The van der Waals surface area contributed by atoms with Crippen LogP contribution in [0.5, 0.6) is 0 Å². The standard InChI is InChI=1S/C7H6O3/c1-4(8)7-5(9)2-3-6(7)10/h2-3,9H,1H3. The van der Waals surface area contributed by atoms with E-state index in [0.29, 0.717) is 0 Å². The quantitative estimate of drug-likeness (QED) is 0.537. The average Bonchev–Trinajstić information content (AvgIpc) is 2.11. The summed E-state index contributed by atoms with van der Waals surface area (Å²) in [5, 5.41) is 8.88. The van der Waals surface area contributed by atoms with E-state index in [-0.39, 0.29) is 11.3 Å². The summed E-state index contributed by atoms with van der Waals surface area (Å²) in [7, 11) is 0. The molecule has 0 saturated heterocycles. The number of ketones is 2. The van der Waals surface area contributed by atoms with Crippen molar-refractivity contribution in [3.63, 3.8) is 0 Å². The fraction of sp³-hybridized carbons (Fsp3) is 0.143. The van der Waals surface area contributed by atoms with Gasteiger partial charge in [0.1, 0.15) is 11.3 Å². The average molecular weight is 138 g/mol. The van der Waals surface area contributed by atoms with Gasteiger partial charge >= 0.3 is 0 Å². The molecule has 0 spiro atoms. The number of hydrogen-bond donors (Lipinski definition) is 1. The summed E-state index contributed by atoms with van der Waals surface area (Å²) >= 11 is 0. The number of carbonyl (C=O) groups excluding carboxylic acids is 2. The van der Waals surface area contributed by atoms with Crippen LogP contribution in [0.4, 0.5) is 0 Å². The Hall–Kier alpha value is -1.38.